The molecule has 0 saturated carbocycles. The smallest absolute Gasteiger partial charge is 0.147 e. The molecule has 1 radical (unpaired) electrons. The molecule has 0 aliphatic carbocycles. The Morgan fingerprint density at radius 2 is 1.43 bits per heavy atom. The van der Waals surface area contributed by atoms with Crippen LogP contribution in [0.25, 0.3) is 0 Å². The molecule has 3 heteroatoms. The molecule has 0 nitrogen and oxygen atoms in total. The molecule has 0 spiro atoms. The number of hydrogen-bond acceptors (Lipinski definition) is 0. The Hall–Kier alpha value is 1.33. The zero-order valence-electron chi connectivity index (χ0n) is 4.86. The molecule has 0 bridgehead atoms. The van der Waals surface area contributed by atoms with E-state index in [2.05, 4.69) is 13.8 Å². The van der Waals surface area contributed by atoms with E-state index in [1.54, 1.807) is 0 Å². The van der Waals surface area contributed by atoms with Gasteiger partial charge in [0.05, 0.1) is 0 Å². The molecule has 0 fully saturated rings. The average molecular weight is 182 g/mol. The van der Waals surface area contributed by atoms with Crippen molar-refractivity contribution in [2.45, 2.75) is 24.4 Å². The molecular weight excluding hydrogens is 169 g/mol. The van der Waals surface area contributed by atoms with E-state index in [-0.39, 0.29) is 29.2 Å². The first kappa shape index (κ1) is 15.8. The third-order valence-corrected chi connectivity index (χ3v) is 2.12. The van der Waals surface area contributed by atoms with Gasteiger partial charge in [0.1, 0.15) is 0 Å². The Bertz CT molecular complexity index is 19.2. The zero-order chi connectivity index (χ0) is 4.12. The summed E-state index contributed by atoms with van der Waals surface area (Å²) >= 11 is 0.432. The summed E-state index contributed by atoms with van der Waals surface area (Å²) in [5.74, 6) is 0. The molecule has 0 amide bonds. The van der Waals surface area contributed by atoms with Crippen LogP contribution in [0, 0.1) is 0 Å². The molecule has 0 aromatic rings. The van der Waals surface area contributed by atoms with Crippen LogP contribution in [0.3, 0.4) is 0 Å². The predicted molar refractivity (Wildman–Crippen MR) is 35.4 cm³/mol. The Balaban J connectivity index is -0.0000000800. The van der Waals surface area contributed by atoms with Crippen LogP contribution in [0.1, 0.15) is 13.8 Å². The maximum atomic E-state index is 2.27. The number of hydrogen-bond donors (Lipinski definition) is 0. The van der Waals surface area contributed by atoms with E-state index in [1.165, 1.54) is 10.6 Å². The van der Waals surface area contributed by atoms with Gasteiger partial charge in [0.15, 0.2) is 0 Å². The van der Waals surface area contributed by atoms with Crippen LogP contribution in [-0.4, -0.2) is 15.2 Å². The Morgan fingerprint density at radius 1 is 1.14 bits per heavy atom. The van der Waals surface area contributed by atoms with E-state index in [9.17, 15) is 0 Å². The predicted octanol–water partition coefficient (Wildman–Crippen LogP) is 1.72. The minimum Gasteiger partial charge on any atom is -0.147 e. The molecule has 0 aromatic heterocycles. The van der Waals surface area contributed by atoms with Crippen molar-refractivity contribution in [3.8, 4) is 0 Å². The van der Waals surface area contributed by atoms with E-state index < -0.39 is 0 Å². The van der Waals surface area contributed by atoms with Crippen LogP contribution >= 0.6 is 12.4 Å². The summed E-state index contributed by atoms with van der Waals surface area (Å²) in [5.41, 5.74) is 0. The first-order chi connectivity index (χ1) is 2.41. The fourth-order valence-electron chi connectivity index (χ4n) is 0.354. The fraction of sp³-hybridized carbons (Fsp3) is 1.00. The summed E-state index contributed by atoms with van der Waals surface area (Å²) in [7, 11) is 0. The fourth-order valence-corrected chi connectivity index (χ4v) is 1.06. The molecule has 0 atom stereocenters. The van der Waals surface area contributed by atoms with Gasteiger partial charge < -0.3 is 0 Å². The monoisotopic (exact) mass is 181 g/mol. The Morgan fingerprint density at radius 3 is 1.43 bits per heavy atom. The molecule has 0 aliphatic rings. The van der Waals surface area contributed by atoms with Crippen molar-refractivity contribution in [3.63, 3.8) is 0 Å². The van der Waals surface area contributed by atoms with Gasteiger partial charge in [0, 0.05) is 16.8 Å². The molecule has 0 aliphatic heterocycles. The largest absolute Gasteiger partial charge is 0.236 e. The second kappa shape index (κ2) is 15.7. The van der Waals surface area contributed by atoms with Crippen LogP contribution in [0.5, 0.6) is 0 Å². The first-order valence-corrected chi connectivity index (χ1v) is 4.41. The van der Waals surface area contributed by atoms with Gasteiger partial charge in [-0.1, -0.05) is 13.8 Å². The summed E-state index contributed by atoms with van der Waals surface area (Å²) in [6.07, 6.45) is 0. The van der Waals surface area contributed by atoms with Crippen molar-refractivity contribution in [1.82, 2.24) is 0 Å². The van der Waals surface area contributed by atoms with Crippen molar-refractivity contribution in [3.05, 3.63) is 0 Å². The van der Waals surface area contributed by atoms with Gasteiger partial charge >= 0.3 is 0 Å². The van der Waals surface area contributed by atoms with Crippen molar-refractivity contribution < 1.29 is 16.8 Å². The molecule has 0 saturated heterocycles. The van der Waals surface area contributed by atoms with Crippen molar-refractivity contribution in [2.75, 3.05) is 0 Å². The molecule has 0 rings (SSSR count). The topological polar surface area (TPSA) is 0 Å². The first-order valence-electron chi connectivity index (χ1n) is 2.41. The van der Waals surface area contributed by atoms with Crippen LogP contribution in [0.2, 0.25) is 10.6 Å². The van der Waals surface area contributed by atoms with Crippen LogP contribution in [0.4, 0.5) is 0 Å². The molecule has 47 valence electrons. The summed E-state index contributed by atoms with van der Waals surface area (Å²) in [4.78, 5) is 0. The molecule has 0 heterocycles. The van der Waals surface area contributed by atoms with Gasteiger partial charge in [-0.2, -0.15) is 0 Å². The maximum Gasteiger partial charge on any atom is 0.236 e. The van der Waals surface area contributed by atoms with Gasteiger partial charge in [-0.05, 0) is 0 Å². The maximum absolute atomic E-state index is 2.27. The van der Waals surface area contributed by atoms with Gasteiger partial charge in [0.25, 0.3) is 0 Å². The van der Waals surface area contributed by atoms with Crippen molar-refractivity contribution >= 4 is 27.6 Å². The van der Waals surface area contributed by atoms with Crippen LogP contribution in [-0.2, 0) is 16.8 Å². The van der Waals surface area contributed by atoms with E-state index in [4.69, 9.17) is 0 Å². The zero-order valence-corrected chi connectivity index (χ0v) is 8.13. The minimum atomic E-state index is 0. The second-order valence-electron chi connectivity index (χ2n) is 1.35. The van der Waals surface area contributed by atoms with Crippen LogP contribution in [0.15, 0.2) is 0 Å². The Kier molecular flexibility index (Phi) is 35.3. The standard InChI is InChI=1S/2C2H5.Al.ClH.Co.H/c2*1-2;;;;/h2*1H2,2H3;;1H;;. The molecule has 7 heavy (non-hydrogen) atoms. The summed E-state index contributed by atoms with van der Waals surface area (Å²) in [6, 6.07) is 0. The van der Waals surface area contributed by atoms with Gasteiger partial charge in [-0.3, -0.25) is 0 Å². The summed E-state index contributed by atoms with van der Waals surface area (Å²) in [5, 5.41) is 2.97. The van der Waals surface area contributed by atoms with Crippen molar-refractivity contribution in [2.24, 2.45) is 0 Å². The van der Waals surface area contributed by atoms with Gasteiger partial charge in [-0.15, -0.1) is 23.0 Å². The van der Waals surface area contributed by atoms with E-state index >= 15 is 0 Å². The molecule has 0 N–H and O–H groups in total. The van der Waals surface area contributed by atoms with Gasteiger partial charge in [-0.25, -0.2) is 0 Å². The third-order valence-electron chi connectivity index (χ3n) is 0.707. The number of rotatable bonds is 2. The minimum absolute atomic E-state index is 0. The van der Waals surface area contributed by atoms with Crippen LogP contribution < -0.4 is 0 Å². The number of halogens is 1. The normalized spacial score (nSPS) is 5.43. The summed E-state index contributed by atoms with van der Waals surface area (Å²) < 4.78 is 0. The van der Waals surface area contributed by atoms with Gasteiger partial charge in [0.2, 0.25) is 15.2 Å². The van der Waals surface area contributed by atoms with Crippen molar-refractivity contribution in [1.29, 1.82) is 0 Å². The Labute approximate surface area is 68.8 Å². The molecule has 0 unspecified atom stereocenters. The molecular formula is C4H12AlClCo. The van der Waals surface area contributed by atoms with E-state index in [0.29, 0.717) is 15.2 Å². The summed E-state index contributed by atoms with van der Waals surface area (Å²) in [6.45, 7) is 4.55. The second-order valence-corrected chi connectivity index (χ2v) is 4.06. The SMILES string of the molecule is C[CH2][AlH][CH2]C.Cl.[Co]. The van der Waals surface area contributed by atoms with E-state index in [0.717, 1.165) is 0 Å². The molecule has 0 aromatic carbocycles. The van der Waals surface area contributed by atoms with E-state index in [1.807, 2.05) is 0 Å². The average Bonchev–Trinajstić information content (AvgIpc) is 1.41. The third kappa shape index (κ3) is 18.8. The quantitative estimate of drug-likeness (QED) is 0.569.